The van der Waals surface area contributed by atoms with E-state index in [2.05, 4.69) is 27.3 Å². The minimum absolute atomic E-state index is 0.0812. The number of hydrogen-bond acceptors (Lipinski definition) is 3. The Labute approximate surface area is 204 Å². The van der Waals surface area contributed by atoms with E-state index < -0.39 is 11.7 Å². The molecule has 2 aliphatic rings. The number of halogens is 4. The summed E-state index contributed by atoms with van der Waals surface area (Å²) in [6, 6.07) is 17.7. The van der Waals surface area contributed by atoms with E-state index in [-0.39, 0.29) is 17.9 Å². The zero-order chi connectivity index (χ0) is 23.9. The molecule has 0 saturated heterocycles. The van der Waals surface area contributed by atoms with Crippen molar-refractivity contribution in [3.8, 4) is 11.5 Å². The van der Waals surface area contributed by atoms with Gasteiger partial charge in [0.2, 0.25) is 0 Å². The molecule has 3 nitrogen and oxygen atoms in total. The van der Waals surface area contributed by atoms with Crippen LogP contribution in [0.5, 0.6) is 11.5 Å². The zero-order valence-electron chi connectivity index (χ0n) is 18.4. The molecule has 3 aromatic rings. The molecule has 5 rings (SSSR count). The van der Waals surface area contributed by atoms with Gasteiger partial charge in [-0.15, -0.1) is 0 Å². The van der Waals surface area contributed by atoms with Gasteiger partial charge in [-0.05, 0) is 75.3 Å². The standard InChI is InChI=1S/C27H23BrF3NO2/c1-33-24-13-17(12-22(28)26(24)34-15-16-6-3-2-4-7-16)25-20-9-5-8-19(20)21-14-18(27(29,30)31)10-11-23(21)32-25/h2-8,10-14,19-20,25,32H,9,15H2,1H3/t19-,20+,25+/m0/s1. The fraction of sp³-hybridized carbons (Fsp3) is 0.259. The summed E-state index contributed by atoms with van der Waals surface area (Å²) in [6.45, 7) is 0.403. The lowest BCUT2D eigenvalue weighted by molar-refractivity contribution is -0.137. The highest BCUT2D eigenvalue weighted by molar-refractivity contribution is 9.10. The first-order valence-electron chi connectivity index (χ1n) is 11.0. The molecular weight excluding hydrogens is 507 g/mol. The van der Waals surface area contributed by atoms with Gasteiger partial charge in [-0.1, -0.05) is 42.5 Å². The molecule has 3 aromatic carbocycles. The van der Waals surface area contributed by atoms with E-state index in [0.29, 0.717) is 23.7 Å². The van der Waals surface area contributed by atoms with E-state index in [4.69, 9.17) is 9.47 Å². The molecule has 0 saturated carbocycles. The van der Waals surface area contributed by atoms with Gasteiger partial charge >= 0.3 is 6.18 Å². The summed E-state index contributed by atoms with van der Waals surface area (Å²) in [7, 11) is 1.60. The van der Waals surface area contributed by atoms with Gasteiger partial charge in [0.05, 0.1) is 23.2 Å². The highest BCUT2D eigenvalue weighted by Crippen LogP contribution is 2.52. The van der Waals surface area contributed by atoms with Crippen molar-refractivity contribution in [2.45, 2.75) is 31.2 Å². The number of fused-ring (bicyclic) bond motifs is 3. The van der Waals surface area contributed by atoms with Crippen molar-refractivity contribution < 1.29 is 22.6 Å². The van der Waals surface area contributed by atoms with Crippen molar-refractivity contribution in [3.05, 3.63) is 99.5 Å². The second-order valence-electron chi connectivity index (χ2n) is 8.58. The van der Waals surface area contributed by atoms with Crippen LogP contribution in [0.4, 0.5) is 18.9 Å². The number of benzene rings is 3. The zero-order valence-corrected chi connectivity index (χ0v) is 20.0. The fourth-order valence-electron chi connectivity index (χ4n) is 4.89. The van der Waals surface area contributed by atoms with Crippen LogP contribution in [-0.4, -0.2) is 7.11 Å². The third-order valence-electron chi connectivity index (χ3n) is 6.53. The van der Waals surface area contributed by atoms with Crippen molar-refractivity contribution in [2.75, 3.05) is 12.4 Å². The average Bonchev–Trinajstić information content (AvgIpc) is 3.32. The second kappa shape index (κ2) is 9.02. The number of rotatable bonds is 5. The summed E-state index contributed by atoms with van der Waals surface area (Å²) in [4.78, 5) is 0. The monoisotopic (exact) mass is 529 g/mol. The summed E-state index contributed by atoms with van der Waals surface area (Å²) in [6.07, 6.45) is 0.506. The molecule has 0 aromatic heterocycles. The lowest BCUT2D eigenvalue weighted by atomic mass is 9.76. The smallest absolute Gasteiger partial charge is 0.416 e. The highest BCUT2D eigenvalue weighted by atomic mass is 79.9. The Morgan fingerprint density at radius 3 is 2.59 bits per heavy atom. The second-order valence-corrected chi connectivity index (χ2v) is 9.44. The number of nitrogens with one attached hydrogen (secondary N) is 1. The normalized spacial score (nSPS) is 20.9. The molecule has 0 radical (unpaired) electrons. The maximum Gasteiger partial charge on any atom is 0.416 e. The lowest BCUT2D eigenvalue weighted by Gasteiger charge is -2.38. The van der Waals surface area contributed by atoms with E-state index >= 15 is 0 Å². The van der Waals surface area contributed by atoms with Crippen molar-refractivity contribution in [1.82, 2.24) is 0 Å². The fourth-order valence-corrected chi connectivity index (χ4v) is 5.46. The Balaban J connectivity index is 1.46. The van der Waals surface area contributed by atoms with E-state index in [9.17, 15) is 13.2 Å². The SMILES string of the molecule is COc1cc([C@H]2Nc3ccc(C(F)(F)F)cc3[C@H]3C=CC[C@H]32)cc(Br)c1OCc1ccccc1. The predicted octanol–water partition coefficient (Wildman–Crippen LogP) is 7.88. The first kappa shape index (κ1) is 22.8. The Bertz CT molecular complexity index is 1230. The minimum Gasteiger partial charge on any atom is -0.493 e. The minimum atomic E-state index is -4.36. The van der Waals surface area contributed by atoms with Gasteiger partial charge in [-0.25, -0.2) is 0 Å². The number of alkyl halides is 3. The largest absolute Gasteiger partial charge is 0.493 e. The average molecular weight is 530 g/mol. The summed E-state index contributed by atoms with van der Waals surface area (Å²) in [5, 5.41) is 3.49. The van der Waals surface area contributed by atoms with E-state index in [1.165, 1.54) is 12.1 Å². The van der Waals surface area contributed by atoms with E-state index in [1.54, 1.807) is 7.11 Å². The highest BCUT2D eigenvalue weighted by Gasteiger charge is 2.40. The first-order valence-corrected chi connectivity index (χ1v) is 11.8. The molecule has 176 valence electrons. The molecule has 0 unspecified atom stereocenters. The molecule has 1 aliphatic carbocycles. The van der Waals surface area contributed by atoms with Gasteiger partial charge in [0.25, 0.3) is 0 Å². The molecule has 0 spiro atoms. The molecule has 1 aliphatic heterocycles. The molecule has 0 amide bonds. The number of methoxy groups -OCH3 is 1. The van der Waals surface area contributed by atoms with Crippen LogP contribution in [0.2, 0.25) is 0 Å². The summed E-state index contributed by atoms with van der Waals surface area (Å²) in [5.74, 6) is 1.23. The molecule has 0 bridgehead atoms. The number of allylic oxidation sites excluding steroid dienone is 2. The van der Waals surface area contributed by atoms with Crippen LogP contribution in [-0.2, 0) is 12.8 Å². The topological polar surface area (TPSA) is 30.5 Å². The first-order chi connectivity index (χ1) is 16.3. The molecular formula is C27H23BrF3NO2. The predicted molar refractivity (Wildman–Crippen MR) is 129 cm³/mol. The quantitative estimate of drug-likeness (QED) is 0.341. The molecule has 7 heteroatoms. The Hall–Kier alpha value is -2.93. The van der Waals surface area contributed by atoms with Gasteiger partial charge in [-0.3, -0.25) is 0 Å². The van der Waals surface area contributed by atoms with Crippen LogP contribution in [0.25, 0.3) is 0 Å². The number of anilines is 1. The molecule has 1 heterocycles. The third-order valence-corrected chi connectivity index (χ3v) is 7.12. The van der Waals surface area contributed by atoms with Gasteiger partial charge in [0.1, 0.15) is 6.61 Å². The van der Waals surface area contributed by atoms with Gasteiger partial charge in [0.15, 0.2) is 11.5 Å². The van der Waals surface area contributed by atoms with Crippen molar-refractivity contribution in [3.63, 3.8) is 0 Å². The molecule has 0 fully saturated rings. The van der Waals surface area contributed by atoms with Crippen LogP contribution in [0.3, 0.4) is 0 Å². The van der Waals surface area contributed by atoms with Crippen LogP contribution >= 0.6 is 15.9 Å². The van der Waals surface area contributed by atoms with Crippen LogP contribution < -0.4 is 14.8 Å². The van der Waals surface area contributed by atoms with Crippen LogP contribution in [0.15, 0.2) is 77.3 Å². The maximum atomic E-state index is 13.3. The van der Waals surface area contributed by atoms with E-state index in [0.717, 1.165) is 33.8 Å². The summed E-state index contributed by atoms with van der Waals surface area (Å²) >= 11 is 3.64. The van der Waals surface area contributed by atoms with Crippen molar-refractivity contribution in [2.24, 2.45) is 5.92 Å². The molecule has 1 N–H and O–H groups in total. The van der Waals surface area contributed by atoms with Gasteiger partial charge in [-0.2, -0.15) is 13.2 Å². The van der Waals surface area contributed by atoms with Crippen LogP contribution in [0, 0.1) is 5.92 Å². The van der Waals surface area contributed by atoms with Crippen molar-refractivity contribution >= 4 is 21.6 Å². The Morgan fingerprint density at radius 1 is 1.06 bits per heavy atom. The lowest BCUT2D eigenvalue weighted by Crippen LogP contribution is -2.29. The van der Waals surface area contributed by atoms with Gasteiger partial charge < -0.3 is 14.8 Å². The Kier molecular flexibility index (Phi) is 6.06. The molecule has 34 heavy (non-hydrogen) atoms. The Morgan fingerprint density at radius 2 is 1.85 bits per heavy atom. The van der Waals surface area contributed by atoms with Crippen LogP contribution in [0.1, 0.15) is 40.6 Å². The maximum absolute atomic E-state index is 13.3. The summed E-state index contributed by atoms with van der Waals surface area (Å²) < 4.78 is 52.4. The van der Waals surface area contributed by atoms with Crippen molar-refractivity contribution in [1.29, 1.82) is 0 Å². The summed E-state index contributed by atoms with van der Waals surface area (Å²) in [5.41, 5.74) is 2.84. The third kappa shape index (κ3) is 4.29. The number of ether oxygens (including phenoxy) is 2. The van der Waals surface area contributed by atoms with Gasteiger partial charge in [0, 0.05) is 11.6 Å². The number of hydrogen-bond donors (Lipinski definition) is 1. The molecule has 3 atom stereocenters. The van der Waals surface area contributed by atoms with E-state index in [1.807, 2.05) is 48.5 Å².